The van der Waals surface area contributed by atoms with Crippen molar-refractivity contribution in [1.29, 1.82) is 0 Å². The van der Waals surface area contributed by atoms with Crippen LogP contribution in [0.4, 0.5) is 5.69 Å². The molecule has 0 fully saturated rings. The van der Waals surface area contributed by atoms with Gasteiger partial charge in [0.25, 0.3) is 11.8 Å². The molecule has 8 heteroatoms. The average molecular weight is 370 g/mol. The second kappa shape index (κ2) is 7.40. The van der Waals surface area contributed by atoms with E-state index in [2.05, 4.69) is 5.32 Å². The molecule has 0 saturated carbocycles. The summed E-state index contributed by atoms with van der Waals surface area (Å²) in [5.41, 5.74) is 1.08. The summed E-state index contributed by atoms with van der Waals surface area (Å²) in [7, 11) is 0. The first-order valence-corrected chi connectivity index (χ1v) is 8.63. The van der Waals surface area contributed by atoms with Crippen molar-refractivity contribution in [2.24, 2.45) is 0 Å². The van der Waals surface area contributed by atoms with E-state index in [1.807, 2.05) is 0 Å². The minimum absolute atomic E-state index is 0.0765. The molecule has 1 heterocycles. The fourth-order valence-electron chi connectivity index (χ4n) is 2.36. The number of anilines is 1. The van der Waals surface area contributed by atoms with Crippen LogP contribution in [0.3, 0.4) is 0 Å². The minimum atomic E-state index is -0.713. The molecule has 0 unspecified atom stereocenters. The third kappa shape index (κ3) is 3.75. The highest BCUT2D eigenvalue weighted by molar-refractivity contribution is 8.00. The zero-order chi connectivity index (χ0) is 18.7. The number of imide groups is 1. The fraction of sp³-hybridized carbons (Fsp3) is 0.111. The standard InChI is InChI=1S/C18H14N2O5S/c1-11(21)19-12-6-8-13(9-7-12)26-10-16(22)25-20-17(23)14-4-2-3-5-15(14)18(20)24/h2-9H,10H2,1H3,(H,19,21). The van der Waals surface area contributed by atoms with Crippen molar-refractivity contribution in [3.05, 3.63) is 59.7 Å². The van der Waals surface area contributed by atoms with Gasteiger partial charge in [0.05, 0.1) is 16.9 Å². The Hall–Kier alpha value is -3.13. The van der Waals surface area contributed by atoms with Gasteiger partial charge in [0, 0.05) is 17.5 Å². The van der Waals surface area contributed by atoms with Crippen LogP contribution in [-0.2, 0) is 14.4 Å². The van der Waals surface area contributed by atoms with E-state index >= 15 is 0 Å². The molecule has 0 aliphatic carbocycles. The van der Waals surface area contributed by atoms with Crippen molar-refractivity contribution in [2.45, 2.75) is 11.8 Å². The van der Waals surface area contributed by atoms with Crippen molar-refractivity contribution in [3.8, 4) is 0 Å². The van der Waals surface area contributed by atoms with Gasteiger partial charge in [-0.15, -0.1) is 11.8 Å². The second-order valence-corrected chi connectivity index (χ2v) is 6.46. The molecule has 1 aliphatic heterocycles. The quantitative estimate of drug-likeness (QED) is 0.642. The van der Waals surface area contributed by atoms with Crippen molar-refractivity contribution >= 4 is 41.1 Å². The van der Waals surface area contributed by atoms with Crippen LogP contribution in [0, 0.1) is 0 Å². The summed E-state index contributed by atoms with van der Waals surface area (Å²) in [5, 5.41) is 3.14. The van der Waals surface area contributed by atoms with Crippen LogP contribution in [-0.4, -0.2) is 34.5 Å². The molecule has 2 aromatic rings. The molecule has 0 atom stereocenters. The SMILES string of the molecule is CC(=O)Nc1ccc(SCC(=O)ON2C(=O)c3ccccc3C2=O)cc1. The Morgan fingerprint density at radius 1 is 1.00 bits per heavy atom. The Balaban J connectivity index is 1.56. The lowest BCUT2D eigenvalue weighted by Gasteiger charge is -2.12. The molecule has 26 heavy (non-hydrogen) atoms. The van der Waals surface area contributed by atoms with Crippen LogP contribution in [0.5, 0.6) is 0 Å². The number of hydrogen-bond donors (Lipinski definition) is 1. The normalized spacial score (nSPS) is 12.7. The topological polar surface area (TPSA) is 92.8 Å². The molecule has 2 aromatic carbocycles. The molecule has 1 N–H and O–H groups in total. The van der Waals surface area contributed by atoms with Crippen molar-refractivity contribution in [2.75, 3.05) is 11.1 Å². The van der Waals surface area contributed by atoms with E-state index in [1.54, 1.807) is 36.4 Å². The number of nitrogens with zero attached hydrogens (tertiary/aromatic N) is 1. The Morgan fingerprint density at radius 3 is 2.12 bits per heavy atom. The highest BCUT2D eigenvalue weighted by Gasteiger charge is 2.38. The number of rotatable bonds is 5. The predicted octanol–water partition coefficient (Wildman–Crippen LogP) is 2.49. The van der Waals surface area contributed by atoms with Gasteiger partial charge in [0.2, 0.25) is 5.91 Å². The lowest BCUT2D eigenvalue weighted by atomic mass is 10.1. The number of carbonyl (C=O) groups excluding carboxylic acids is 4. The summed E-state index contributed by atoms with van der Waals surface area (Å²) in [6, 6.07) is 13.2. The van der Waals surface area contributed by atoms with Crippen molar-refractivity contribution < 1.29 is 24.0 Å². The molecule has 3 rings (SSSR count). The monoisotopic (exact) mass is 370 g/mol. The zero-order valence-electron chi connectivity index (χ0n) is 13.7. The summed E-state index contributed by atoms with van der Waals surface area (Å²) in [4.78, 5) is 52.9. The number of fused-ring (bicyclic) bond motifs is 1. The molecule has 0 bridgehead atoms. The third-order valence-electron chi connectivity index (χ3n) is 3.48. The maximum atomic E-state index is 12.1. The highest BCUT2D eigenvalue weighted by atomic mass is 32.2. The van der Waals surface area contributed by atoms with Crippen LogP contribution in [0.25, 0.3) is 0 Å². The third-order valence-corrected chi connectivity index (χ3v) is 4.47. The van der Waals surface area contributed by atoms with Crippen LogP contribution in [0.15, 0.2) is 53.4 Å². The summed E-state index contributed by atoms with van der Waals surface area (Å²) in [6.45, 7) is 1.41. The molecule has 3 amide bonds. The van der Waals surface area contributed by atoms with E-state index in [-0.39, 0.29) is 22.8 Å². The Kier molecular flexibility index (Phi) is 5.04. The molecular weight excluding hydrogens is 356 g/mol. The lowest BCUT2D eigenvalue weighted by molar-refractivity contribution is -0.165. The predicted molar refractivity (Wildman–Crippen MR) is 94.5 cm³/mol. The van der Waals surface area contributed by atoms with Gasteiger partial charge >= 0.3 is 5.97 Å². The number of benzene rings is 2. The molecule has 0 spiro atoms. The molecule has 1 aliphatic rings. The van der Waals surface area contributed by atoms with Gasteiger partial charge in [-0.2, -0.15) is 0 Å². The first-order chi connectivity index (χ1) is 12.5. The summed E-state index contributed by atoms with van der Waals surface area (Å²) < 4.78 is 0. The number of hydrogen-bond acceptors (Lipinski definition) is 6. The summed E-state index contributed by atoms with van der Waals surface area (Å²) >= 11 is 1.19. The number of hydroxylamine groups is 2. The van der Waals surface area contributed by atoms with Gasteiger partial charge in [0.1, 0.15) is 0 Å². The summed E-state index contributed by atoms with van der Waals surface area (Å²) in [5.74, 6) is -2.26. The van der Waals surface area contributed by atoms with Gasteiger partial charge in [-0.1, -0.05) is 17.2 Å². The van der Waals surface area contributed by atoms with Crippen LogP contribution in [0.2, 0.25) is 0 Å². The maximum absolute atomic E-state index is 12.1. The van der Waals surface area contributed by atoms with E-state index in [4.69, 9.17) is 4.84 Å². The van der Waals surface area contributed by atoms with E-state index in [0.717, 1.165) is 4.90 Å². The number of amides is 3. The van der Waals surface area contributed by atoms with E-state index in [0.29, 0.717) is 10.8 Å². The Labute approximate surface area is 153 Å². The van der Waals surface area contributed by atoms with Crippen LogP contribution >= 0.6 is 11.8 Å². The minimum Gasteiger partial charge on any atom is -0.329 e. The van der Waals surface area contributed by atoms with Crippen molar-refractivity contribution in [3.63, 3.8) is 0 Å². The van der Waals surface area contributed by atoms with Gasteiger partial charge < -0.3 is 10.2 Å². The molecule has 0 saturated heterocycles. The average Bonchev–Trinajstić information content (AvgIpc) is 2.86. The second-order valence-electron chi connectivity index (χ2n) is 5.41. The van der Waals surface area contributed by atoms with Gasteiger partial charge in [0.15, 0.2) is 0 Å². The molecular formula is C18H14N2O5S. The Bertz CT molecular complexity index is 860. The molecule has 0 aromatic heterocycles. The number of carbonyl (C=O) groups is 4. The lowest BCUT2D eigenvalue weighted by Crippen LogP contribution is -2.33. The first-order valence-electron chi connectivity index (χ1n) is 7.65. The molecule has 132 valence electrons. The highest BCUT2D eigenvalue weighted by Crippen LogP contribution is 2.24. The first kappa shape index (κ1) is 17.7. The van der Waals surface area contributed by atoms with Crippen LogP contribution < -0.4 is 5.32 Å². The van der Waals surface area contributed by atoms with Crippen LogP contribution in [0.1, 0.15) is 27.6 Å². The number of thioether (sulfide) groups is 1. The fourth-order valence-corrected chi connectivity index (χ4v) is 3.02. The van der Waals surface area contributed by atoms with E-state index in [9.17, 15) is 19.2 Å². The summed E-state index contributed by atoms with van der Waals surface area (Å²) in [6.07, 6.45) is 0. The molecule has 7 nitrogen and oxygen atoms in total. The smallest absolute Gasteiger partial charge is 0.329 e. The molecule has 0 radical (unpaired) electrons. The maximum Gasteiger partial charge on any atom is 0.343 e. The Morgan fingerprint density at radius 2 is 1.58 bits per heavy atom. The van der Waals surface area contributed by atoms with E-state index in [1.165, 1.54) is 30.8 Å². The van der Waals surface area contributed by atoms with E-state index < -0.39 is 17.8 Å². The number of nitrogens with one attached hydrogen (secondary N) is 1. The largest absolute Gasteiger partial charge is 0.343 e. The van der Waals surface area contributed by atoms with Gasteiger partial charge in [-0.25, -0.2) is 4.79 Å². The van der Waals surface area contributed by atoms with Gasteiger partial charge in [-0.3, -0.25) is 14.4 Å². The van der Waals surface area contributed by atoms with Gasteiger partial charge in [-0.05, 0) is 36.4 Å². The zero-order valence-corrected chi connectivity index (χ0v) is 14.5. The van der Waals surface area contributed by atoms with Crippen molar-refractivity contribution in [1.82, 2.24) is 5.06 Å².